The maximum Gasteiger partial charge on any atom is 0.265 e. The number of nitrogens with two attached hydrogens (primary N) is 1. The monoisotopic (exact) mass is 256 g/mol. The lowest BCUT2D eigenvalue weighted by Gasteiger charge is -2.24. The maximum atomic E-state index is 12.1. The number of aryl methyl sites for hydroxylation is 1. The van der Waals surface area contributed by atoms with Crippen LogP contribution in [-0.4, -0.2) is 39.9 Å². The van der Waals surface area contributed by atoms with Crippen LogP contribution in [0.5, 0.6) is 0 Å². The molecule has 0 fully saturated rings. The fourth-order valence-corrected chi connectivity index (χ4v) is 2.13. The van der Waals surface area contributed by atoms with Crippen molar-refractivity contribution in [3.8, 4) is 0 Å². The molecule has 1 atom stereocenters. The minimum atomic E-state index is -0.139. The zero-order valence-corrected chi connectivity index (χ0v) is 10.9. The Bertz CT molecular complexity index is 430. The van der Waals surface area contributed by atoms with Crippen LogP contribution in [-0.2, 0) is 0 Å². The van der Waals surface area contributed by atoms with Crippen molar-refractivity contribution in [2.45, 2.75) is 26.3 Å². The van der Waals surface area contributed by atoms with E-state index in [2.05, 4.69) is 10.1 Å². The Morgan fingerprint density at radius 1 is 1.76 bits per heavy atom. The van der Waals surface area contributed by atoms with Crippen LogP contribution >= 0.6 is 11.3 Å². The summed E-state index contributed by atoms with van der Waals surface area (Å²) in [5.41, 5.74) is 7.78. The highest BCUT2D eigenvalue weighted by molar-refractivity contribution is 7.11. The molecular formula is C10H16N4O2S. The number of hydrogen-bond donors (Lipinski definition) is 2. The van der Waals surface area contributed by atoms with Crippen molar-refractivity contribution >= 4 is 23.1 Å². The summed E-state index contributed by atoms with van der Waals surface area (Å²) >= 11 is 1.31. The third-order valence-corrected chi connectivity index (χ3v) is 3.47. The molecule has 6 nitrogen and oxygen atoms in total. The average molecular weight is 256 g/mol. The number of carbonyl (C=O) groups is 1. The molecule has 0 bridgehead atoms. The summed E-state index contributed by atoms with van der Waals surface area (Å²) in [6, 6.07) is -0.139. The lowest BCUT2D eigenvalue weighted by atomic mass is 10.2. The van der Waals surface area contributed by atoms with Gasteiger partial charge in [0.05, 0.1) is 11.2 Å². The molecule has 0 aliphatic carbocycles. The summed E-state index contributed by atoms with van der Waals surface area (Å²) in [5, 5.41) is 11.4. The average Bonchev–Trinajstić information content (AvgIpc) is 2.73. The molecule has 94 valence electrons. The van der Waals surface area contributed by atoms with Crippen LogP contribution in [0.2, 0.25) is 0 Å². The molecule has 0 radical (unpaired) electrons. The lowest BCUT2D eigenvalue weighted by Crippen LogP contribution is -2.37. The third-order valence-electron chi connectivity index (χ3n) is 2.55. The molecule has 0 spiro atoms. The van der Waals surface area contributed by atoms with Gasteiger partial charge in [-0.3, -0.25) is 4.79 Å². The zero-order chi connectivity index (χ0) is 13.0. The molecule has 0 aromatic carbocycles. The fraction of sp³-hybridized carbons (Fsp3) is 0.500. The van der Waals surface area contributed by atoms with Crippen molar-refractivity contribution in [3.63, 3.8) is 0 Å². The van der Waals surface area contributed by atoms with Crippen molar-refractivity contribution < 1.29 is 10.0 Å². The Hall–Kier alpha value is -1.63. The summed E-state index contributed by atoms with van der Waals surface area (Å²) in [6.45, 7) is 3.64. The van der Waals surface area contributed by atoms with Gasteiger partial charge >= 0.3 is 0 Å². The second-order valence-electron chi connectivity index (χ2n) is 3.83. The van der Waals surface area contributed by atoms with Gasteiger partial charge in [0, 0.05) is 19.5 Å². The van der Waals surface area contributed by atoms with E-state index in [9.17, 15) is 4.79 Å². The second-order valence-corrected chi connectivity index (χ2v) is 4.68. The van der Waals surface area contributed by atoms with Crippen molar-refractivity contribution in [3.05, 3.63) is 16.1 Å². The first-order valence-electron chi connectivity index (χ1n) is 5.11. The topological polar surface area (TPSA) is 91.8 Å². The molecule has 0 saturated heterocycles. The van der Waals surface area contributed by atoms with Crippen molar-refractivity contribution in [1.29, 1.82) is 0 Å². The Kier molecular flexibility index (Phi) is 4.45. The number of amidine groups is 1. The summed E-state index contributed by atoms with van der Waals surface area (Å²) in [5.74, 6) is 0.0152. The molecule has 1 aromatic rings. The largest absolute Gasteiger partial charge is 0.409 e. The van der Waals surface area contributed by atoms with Crippen molar-refractivity contribution in [1.82, 2.24) is 9.88 Å². The predicted molar refractivity (Wildman–Crippen MR) is 66.4 cm³/mol. The van der Waals surface area contributed by atoms with E-state index < -0.39 is 0 Å². The number of carbonyl (C=O) groups excluding carboxylic acids is 1. The smallest absolute Gasteiger partial charge is 0.265 e. The first-order valence-corrected chi connectivity index (χ1v) is 5.99. The molecular weight excluding hydrogens is 240 g/mol. The van der Waals surface area contributed by atoms with Crippen LogP contribution in [0.15, 0.2) is 10.7 Å². The van der Waals surface area contributed by atoms with Crippen molar-refractivity contribution in [2.75, 3.05) is 7.05 Å². The van der Waals surface area contributed by atoms with Crippen molar-refractivity contribution in [2.24, 2.45) is 10.9 Å². The molecule has 1 unspecified atom stereocenters. The van der Waals surface area contributed by atoms with Gasteiger partial charge in [0.2, 0.25) is 0 Å². The van der Waals surface area contributed by atoms with Gasteiger partial charge in [0.25, 0.3) is 5.91 Å². The number of oxime groups is 1. The van der Waals surface area contributed by atoms with Crippen LogP contribution in [0, 0.1) is 6.92 Å². The van der Waals surface area contributed by atoms with Crippen LogP contribution < -0.4 is 5.73 Å². The van der Waals surface area contributed by atoms with Gasteiger partial charge in [-0.25, -0.2) is 4.98 Å². The maximum absolute atomic E-state index is 12.1. The summed E-state index contributed by atoms with van der Waals surface area (Å²) in [7, 11) is 1.69. The molecule has 1 aromatic heterocycles. The highest BCUT2D eigenvalue weighted by Crippen LogP contribution is 2.16. The van der Waals surface area contributed by atoms with Gasteiger partial charge < -0.3 is 15.8 Å². The first-order chi connectivity index (χ1) is 7.97. The van der Waals surface area contributed by atoms with E-state index in [1.54, 1.807) is 24.4 Å². The SMILES string of the molecule is Cc1ncsc1C(=O)N(C)C(C)C/C(N)=N/O. The Morgan fingerprint density at radius 2 is 2.41 bits per heavy atom. The first kappa shape index (κ1) is 13.4. The van der Waals surface area contributed by atoms with E-state index in [0.717, 1.165) is 5.69 Å². The molecule has 0 aliphatic rings. The minimum absolute atomic E-state index is 0.0942. The highest BCUT2D eigenvalue weighted by atomic mass is 32.1. The van der Waals surface area contributed by atoms with Crippen LogP contribution in [0.3, 0.4) is 0 Å². The second kappa shape index (κ2) is 5.62. The Morgan fingerprint density at radius 3 is 2.88 bits per heavy atom. The van der Waals surface area contributed by atoms with E-state index in [-0.39, 0.29) is 17.8 Å². The van der Waals surface area contributed by atoms with Gasteiger partial charge in [0.1, 0.15) is 10.7 Å². The van der Waals surface area contributed by atoms with E-state index in [1.165, 1.54) is 11.3 Å². The highest BCUT2D eigenvalue weighted by Gasteiger charge is 2.21. The summed E-state index contributed by atoms with van der Waals surface area (Å²) < 4.78 is 0. The molecule has 0 saturated carbocycles. The molecule has 1 heterocycles. The summed E-state index contributed by atoms with van der Waals surface area (Å²) in [4.78, 5) is 18.3. The number of hydrogen-bond acceptors (Lipinski definition) is 5. The summed E-state index contributed by atoms with van der Waals surface area (Å²) in [6.07, 6.45) is 0.330. The Balaban J connectivity index is 2.73. The third kappa shape index (κ3) is 3.16. The molecule has 3 N–H and O–H groups in total. The van der Waals surface area contributed by atoms with E-state index >= 15 is 0 Å². The number of aromatic nitrogens is 1. The van der Waals surface area contributed by atoms with Gasteiger partial charge in [-0.15, -0.1) is 11.3 Å². The normalized spacial score (nSPS) is 13.5. The fourth-order valence-electron chi connectivity index (χ4n) is 1.35. The van der Waals surface area contributed by atoms with Gasteiger partial charge in [-0.1, -0.05) is 5.16 Å². The van der Waals surface area contributed by atoms with E-state index in [0.29, 0.717) is 11.3 Å². The number of amides is 1. The lowest BCUT2D eigenvalue weighted by molar-refractivity contribution is 0.0751. The zero-order valence-electron chi connectivity index (χ0n) is 10.0. The number of thiazole rings is 1. The van der Waals surface area contributed by atoms with Gasteiger partial charge in [0.15, 0.2) is 0 Å². The predicted octanol–water partition coefficient (Wildman–Crippen LogP) is 1.05. The van der Waals surface area contributed by atoms with Crippen LogP contribution in [0.25, 0.3) is 0 Å². The Labute approximate surface area is 104 Å². The molecule has 1 rings (SSSR count). The molecule has 17 heavy (non-hydrogen) atoms. The number of nitrogens with zero attached hydrogens (tertiary/aromatic N) is 3. The van der Waals surface area contributed by atoms with Gasteiger partial charge in [-0.05, 0) is 13.8 Å². The van der Waals surface area contributed by atoms with Crippen LogP contribution in [0.4, 0.5) is 0 Å². The van der Waals surface area contributed by atoms with E-state index in [1.807, 2.05) is 6.92 Å². The van der Waals surface area contributed by atoms with E-state index in [4.69, 9.17) is 10.9 Å². The molecule has 7 heteroatoms. The standard InChI is InChI=1S/C10H16N4O2S/c1-6(4-8(11)13-16)14(3)10(15)9-7(2)12-5-17-9/h5-6,16H,4H2,1-3H3,(H2,11,13). The van der Waals surface area contributed by atoms with Gasteiger partial charge in [-0.2, -0.15) is 0 Å². The number of rotatable bonds is 4. The minimum Gasteiger partial charge on any atom is -0.409 e. The van der Waals surface area contributed by atoms with Crippen LogP contribution in [0.1, 0.15) is 28.7 Å². The molecule has 0 aliphatic heterocycles. The molecule has 1 amide bonds. The quantitative estimate of drug-likeness (QED) is 0.364.